The number of hydrogen-bond acceptors (Lipinski definition) is 2. The van der Waals surface area contributed by atoms with Crippen molar-refractivity contribution in [2.75, 3.05) is 14.2 Å². The van der Waals surface area contributed by atoms with Crippen molar-refractivity contribution in [2.45, 2.75) is 18.3 Å². The van der Waals surface area contributed by atoms with E-state index in [1.807, 2.05) is 0 Å². The van der Waals surface area contributed by atoms with E-state index < -0.39 is 0 Å². The highest BCUT2D eigenvalue weighted by atomic mass is 16.5. The summed E-state index contributed by atoms with van der Waals surface area (Å²) in [6.45, 7) is 0. The molecule has 2 unspecified atom stereocenters. The maximum atomic E-state index is 5.48. The summed E-state index contributed by atoms with van der Waals surface area (Å²) >= 11 is 0. The third-order valence-corrected chi connectivity index (χ3v) is 5.23. The van der Waals surface area contributed by atoms with Gasteiger partial charge in [-0.1, -0.05) is 48.5 Å². The molecular formula is C23H22O2. The van der Waals surface area contributed by atoms with Gasteiger partial charge in [-0.2, -0.15) is 0 Å². The fourth-order valence-electron chi connectivity index (χ4n) is 3.98. The molecule has 0 radical (unpaired) electrons. The summed E-state index contributed by atoms with van der Waals surface area (Å²) in [4.78, 5) is 0. The van der Waals surface area contributed by atoms with Gasteiger partial charge in [0.1, 0.15) is 11.5 Å². The monoisotopic (exact) mass is 330 g/mol. The average Bonchev–Trinajstić information content (AvgIpc) is 3.07. The fourth-order valence-corrected chi connectivity index (χ4v) is 3.98. The predicted octanol–water partition coefficient (Wildman–Crippen LogP) is 5.18. The molecule has 4 rings (SSSR count). The number of rotatable bonds is 4. The van der Waals surface area contributed by atoms with Crippen LogP contribution in [0.1, 0.15) is 34.1 Å². The lowest BCUT2D eigenvalue weighted by Crippen LogP contribution is -2.08. The minimum Gasteiger partial charge on any atom is -0.497 e. The molecule has 2 nitrogen and oxygen atoms in total. The zero-order valence-corrected chi connectivity index (χ0v) is 14.6. The Labute approximate surface area is 149 Å². The molecule has 0 saturated carbocycles. The van der Waals surface area contributed by atoms with E-state index in [1.165, 1.54) is 22.3 Å². The van der Waals surface area contributed by atoms with Crippen LogP contribution < -0.4 is 9.47 Å². The van der Waals surface area contributed by atoms with Gasteiger partial charge in [0, 0.05) is 5.92 Å². The maximum absolute atomic E-state index is 5.48. The Morgan fingerprint density at radius 3 is 2.08 bits per heavy atom. The van der Waals surface area contributed by atoms with Gasteiger partial charge in [-0.25, -0.2) is 0 Å². The second kappa shape index (κ2) is 6.64. The average molecular weight is 330 g/mol. The molecule has 1 aliphatic rings. The molecule has 3 aromatic rings. The number of hydrogen-bond donors (Lipinski definition) is 0. The number of fused-ring (bicyclic) bond motifs is 1. The van der Waals surface area contributed by atoms with Gasteiger partial charge in [0.05, 0.1) is 14.2 Å². The Morgan fingerprint density at radius 2 is 1.40 bits per heavy atom. The molecule has 0 N–H and O–H groups in total. The Hall–Kier alpha value is -2.74. The third-order valence-electron chi connectivity index (χ3n) is 5.23. The molecule has 0 heterocycles. The van der Waals surface area contributed by atoms with Gasteiger partial charge in [-0.05, 0) is 58.9 Å². The number of methoxy groups -OCH3 is 2. The third kappa shape index (κ3) is 2.89. The molecule has 2 heteroatoms. The molecule has 0 spiro atoms. The molecule has 0 amide bonds. The van der Waals surface area contributed by atoms with Crippen LogP contribution in [0.4, 0.5) is 0 Å². The first kappa shape index (κ1) is 15.8. The summed E-state index contributed by atoms with van der Waals surface area (Å²) in [6.07, 6.45) is 1.05. The van der Waals surface area contributed by atoms with Crippen molar-refractivity contribution in [3.63, 3.8) is 0 Å². The molecule has 0 bridgehead atoms. The lowest BCUT2D eigenvalue weighted by atomic mass is 9.82. The van der Waals surface area contributed by atoms with Gasteiger partial charge in [-0.3, -0.25) is 0 Å². The highest BCUT2D eigenvalue weighted by molar-refractivity contribution is 5.51. The van der Waals surface area contributed by atoms with E-state index in [4.69, 9.17) is 9.47 Å². The van der Waals surface area contributed by atoms with Gasteiger partial charge in [0.2, 0.25) is 0 Å². The smallest absolute Gasteiger partial charge is 0.119 e. The second-order valence-electron chi connectivity index (χ2n) is 6.54. The highest BCUT2D eigenvalue weighted by Crippen LogP contribution is 2.48. The quantitative estimate of drug-likeness (QED) is 0.656. The van der Waals surface area contributed by atoms with Crippen LogP contribution in [0.25, 0.3) is 0 Å². The first-order chi connectivity index (χ1) is 12.3. The topological polar surface area (TPSA) is 18.5 Å². The Morgan fingerprint density at radius 1 is 0.720 bits per heavy atom. The van der Waals surface area contributed by atoms with Crippen LogP contribution in [-0.2, 0) is 6.42 Å². The standard InChI is InChI=1S/C23H22O2/c1-24-19-11-8-16(9-12-19)21-14-18-10-13-20(25-2)15-22(18)23(21)17-6-4-3-5-7-17/h3-13,15,21,23H,14H2,1-2H3. The van der Waals surface area contributed by atoms with Crippen LogP contribution >= 0.6 is 0 Å². The van der Waals surface area contributed by atoms with Crippen molar-refractivity contribution < 1.29 is 9.47 Å². The molecule has 25 heavy (non-hydrogen) atoms. The maximum Gasteiger partial charge on any atom is 0.119 e. The Bertz CT molecular complexity index is 853. The minimum absolute atomic E-state index is 0.347. The van der Waals surface area contributed by atoms with E-state index in [9.17, 15) is 0 Å². The molecular weight excluding hydrogens is 308 g/mol. The highest BCUT2D eigenvalue weighted by Gasteiger charge is 2.34. The van der Waals surface area contributed by atoms with Gasteiger partial charge in [-0.15, -0.1) is 0 Å². The lowest BCUT2D eigenvalue weighted by Gasteiger charge is -2.22. The summed E-state index contributed by atoms with van der Waals surface area (Å²) in [5, 5.41) is 0. The molecule has 0 saturated heterocycles. The van der Waals surface area contributed by atoms with Gasteiger partial charge < -0.3 is 9.47 Å². The molecule has 126 valence electrons. The normalized spacial score (nSPS) is 18.6. The van der Waals surface area contributed by atoms with Gasteiger partial charge >= 0.3 is 0 Å². The van der Waals surface area contributed by atoms with Crippen LogP contribution in [0, 0.1) is 0 Å². The summed E-state index contributed by atoms with van der Waals surface area (Å²) in [6, 6.07) is 25.8. The van der Waals surface area contributed by atoms with Crippen molar-refractivity contribution >= 4 is 0 Å². The summed E-state index contributed by atoms with van der Waals surface area (Å²) in [5.41, 5.74) is 5.50. The number of benzene rings is 3. The van der Waals surface area contributed by atoms with Crippen LogP contribution in [0.3, 0.4) is 0 Å². The van der Waals surface area contributed by atoms with E-state index in [0.29, 0.717) is 11.8 Å². The van der Waals surface area contributed by atoms with E-state index in [-0.39, 0.29) is 0 Å². The minimum atomic E-state index is 0.347. The van der Waals surface area contributed by atoms with Gasteiger partial charge in [0.15, 0.2) is 0 Å². The Kier molecular flexibility index (Phi) is 4.19. The zero-order valence-electron chi connectivity index (χ0n) is 14.6. The van der Waals surface area contributed by atoms with E-state index >= 15 is 0 Å². The SMILES string of the molecule is COc1ccc(C2Cc3ccc(OC)cc3C2c2ccccc2)cc1. The van der Waals surface area contributed by atoms with Crippen LogP contribution in [0.15, 0.2) is 72.8 Å². The molecule has 0 aromatic heterocycles. The summed E-state index contributed by atoms with van der Waals surface area (Å²) in [5.74, 6) is 2.60. The zero-order chi connectivity index (χ0) is 17.2. The molecule has 0 aliphatic heterocycles. The fraction of sp³-hybridized carbons (Fsp3) is 0.217. The first-order valence-electron chi connectivity index (χ1n) is 8.66. The first-order valence-corrected chi connectivity index (χ1v) is 8.66. The summed E-state index contributed by atoms with van der Waals surface area (Å²) in [7, 11) is 3.44. The molecule has 3 aromatic carbocycles. The van der Waals surface area contributed by atoms with Crippen molar-refractivity contribution in [1.29, 1.82) is 0 Å². The van der Waals surface area contributed by atoms with Crippen LogP contribution in [0.2, 0.25) is 0 Å². The second-order valence-corrected chi connectivity index (χ2v) is 6.54. The van der Waals surface area contributed by atoms with E-state index in [0.717, 1.165) is 17.9 Å². The summed E-state index contributed by atoms with van der Waals surface area (Å²) < 4.78 is 10.8. The van der Waals surface area contributed by atoms with E-state index in [2.05, 4.69) is 72.8 Å². The van der Waals surface area contributed by atoms with Gasteiger partial charge in [0.25, 0.3) is 0 Å². The molecule has 0 fully saturated rings. The van der Waals surface area contributed by atoms with Crippen LogP contribution in [0.5, 0.6) is 11.5 Å². The largest absolute Gasteiger partial charge is 0.497 e. The van der Waals surface area contributed by atoms with E-state index in [1.54, 1.807) is 14.2 Å². The number of ether oxygens (including phenoxy) is 2. The van der Waals surface area contributed by atoms with Crippen molar-refractivity contribution in [3.8, 4) is 11.5 Å². The Balaban J connectivity index is 1.80. The molecule has 1 aliphatic carbocycles. The van der Waals surface area contributed by atoms with Crippen molar-refractivity contribution in [2.24, 2.45) is 0 Å². The van der Waals surface area contributed by atoms with Crippen molar-refractivity contribution in [3.05, 3.63) is 95.1 Å². The van der Waals surface area contributed by atoms with Crippen LogP contribution in [-0.4, -0.2) is 14.2 Å². The predicted molar refractivity (Wildman–Crippen MR) is 101 cm³/mol. The lowest BCUT2D eigenvalue weighted by molar-refractivity contribution is 0.414. The van der Waals surface area contributed by atoms with Crippen molar-refractivity contribution in [1.82, 2.24) is 0 Å². The molecule has 2 atom stereocenters.